The highest BCUT2D eigenvalue weighted by molar-refractivity contribution is 7.89. The lowest BCUT2D eigenvalue weighted by molar-refractivity contribution is -0.0769. The summed E-state index contributed by atoms with van der Waals surface area (Å²) in [7, 11) is -2.25. The van der Waals surface area contributed by atoms with Crippen LogP contribution in [0.25, 0.3) is 0 Å². The van der Waals surface area contributed by atoms with E-state index in [-0.39, 0.29) is 22.4 Å². The lowest BCUT2D eigenvalue weighted by atomic mass is 9.95. The van der Waals surface area contributed by atoms with Crippen LogP contribution < -0.4 is 15.4 Å². The van der Waals surface area contributed by atoms with Gasteiger partial charge in [-0.15, -0.1) is 11.3 Å². The highest BCUT2D eigenvalue weighted by atomic mass is 32.2. The molecule has 2 aliphatic carbocycles. The summed E-state index contributed by atoms with van der Waals surface area (Å²) < 4.78 is 33.1. The molecule has 3 aromatic carbocycles. The van der Waals surface area contributed by atoms with E-state index in [9.17, 15) is 23.1 Å². The summed E-state index contributed by atoms with van der Waals surface area (Å²) in [5.74, 6) is -0.742. The molecule has 6 rings (SSSR count). The zero-order chi connectivity index (χ0) is 33.0. The molecule has 0 bridgehead atoms. The molecule has 1 unspecified atom stereocenters. The molecular weight excluding hydrogens is 635 g/mol. The quantitative estimate of drug-likeness (QED) is 0.122. The Bertz CT molecular complexity index is 1850. The predicted octanol–water partition coefficient (Wildman–Crippen LogP) is 6.38. The van der Waals surface area contributed by atoms with Crippen LogP contribution in [0.2, 0.25) is 0 Å². The molecule has 47 heavy (non-hydrogen) atoms. The van der Waals surface area contributed by atoms with Crippen LogP contribution in [-0.2, 0) is 40.4 Å². The fourth-order valence-electron chi connectivity index (χ4n) is 5.79. The van der Waals surface area contributed by atoms with Crippen molar-refractivity contribution in [3.05, 3.63) is 111 Å². The summed E-state index contributed by atoms with van der Waals surface area (Å²) in [6.45, 7) is 0. The molecule has 2 aliphatic rings. The Kier molecular flexibility index (Phi) is 10.2. The zero-order valence-corrected chi connectivity index (χ0v) is 27.9. The van der Waals surface area contributed by atoms with Crippen LogP contribution in [0.4, 0.5) is 10.7 Å². The van der Waals surface area contributed by atoms with Gasteiger partial charge in [-0.25, -0.2) is 13.1 Å². The van der Waals surface area contributed by atoms with Gasteiger partial charge in [0.15, 0.2) is 6.29 Å². The van der Waals surface area contributed by atoms with E-state index >= 15 is 0 Å². The van der Waals surface area contributed by atoms with Crippen molar-refractivity contribution in [2.45, 2.75) is 75.0 Å². The van der Waals surface area contributed by atoms with E-state index in [1.165, 1.54) is 36.1 Å². The van der Waals surface area contributed by atoms with Gasteiger partial charge in [-0.2, -0.15) is 0 Å². The highest BCUT2D eigenvalue weighted by Crippen LogP contribution is 2.39. The number of rotatable bonds is 13. The minimum atomic E-state index is -3.71. The van der Waals surface area contributed by atoms with Gasteiger partial charge in [0.1, 0.15) is 5.00 Å². The van der Waals surface area contributed by atoms with Gasteiger partial charge >= 0.3 is 0 Å². The van der Waals surface area contributed by atoms with E-state index in [2.05, 4.69) is 15.4 Å². The van der Waals surface area contributed by atoms with Crippen LogP contribution in [0.15, 0.2) is 77.7 Å². The van der Waals surface area contributed by atoms with Crippen molar-refractivity contribution in [1.82, 2.24) is 4.72 Å². The van der Waals surface area contributed by atoms with Crippen molar-refractivity contribution in [2.75, 3.05) is 17.7 Å². The Morgan fingerprint density at radius 1 is 0.915 bits per heavy atom. The summed E-state index contributed by atoms with van der Waals surface area (Å²) >= 11 is 1.42. The molecule has 9 nitrogen and oxygen atoms in total. The predicted molar refractivity (Wildman–Crippen MR) is 184 cm³/mol. The van der Waals surface area contributed by atoms with E-state index in [4.69, 9.17) is 4.74 Å². The molecule has 1 aromatic heterocycles. The second-order valence-electron chi connectivity index (χ2n) is 12.1. The first-order chi connectivity index (χ1) is 22.7. The third kappa shape index (κ3) is 8.17. The van der Waals surface area contributed by atoms with Crippen LogP contribution in [0.1, 0.15) is 86.2 Å². The number of hydrogen-bond acceptors (Lipinski definition) is 7. The van der Waals surface area contributed by atoms with E-state index in [0.29, 0.717) is 16.3 Å². The number of benzene rings is 3. The number of aliphatic hydroxyl groups excluding tert-OH is 1. The second-order valence-corrected chi connectivity index (χ2v) is 14.9. The number of aryl methyl sites for hydroxylation is 3. The minimum Gasteiger partial charge on any atom is -0.364 e. The maximum absolute atomic E-state index is 13.7. The molecule has 0 radical (unpaired) electrons. The number of hydrogen-bond donors (Lipinski definition) is 4. The monoisotopic (exact) mass is 673 g/mol. The number of amides is 2. The average molecular weight is 674 g/mol. The van der Waals surface area contributed by atoms with Crippen LogP contribution in [0.3, 0.4) is 0 Å². The van der Waals surface area contributed by atoms with Crippen molar-refractivity contribution in [1.29, 1.82) is 0 Å². The molecule has 246 valence electrons. The van der Waals surface area contributed by atoms with Crippen molar-refractivity contribution in [3.63, 3.8) is 0 Å². The van der Waals surface area contributed by atoms with Gasteiger partial charge in [0.05, 0.1) is 10.5 Å². The first-order valence-corrected chi connectivity index (χ1v) is 18.3. The Morgan fingerprint density at radius 3 is 2.28 bits per heavy atom. The molecule has 0 aliphatic heterocycles. The molecule has 2 amide bonds. The molecule has 1 heterocycles. The van der Waals surface area contributed by atoms with Crippen LogP contribution in [-0.4, -0.2) is 38.5 Å². The summed E-state index contributed by atoms with van der Waals surface area (Å²) in [4.78, 5) is 28.2. The molecule has 11 heteroatoms. The van der Waals surface area contributed by atoms with Crippen molar-refractivity contribution < 1.29 is 27.9 Å². The maximum Gasteiger partial charge on any atom is 0.258 e. The number of fused-ring (bicyclic) bond motifs is 1. The summed E-state index contributed by atoms with van der Waals surface area (Å²) in [5.41, 5.74) is 5.40. The van der Waals surface area contributed by atoms with E-state index in [1.807, 2.05) is 48.5 Å². The second kappa shape index (κ2) is 14.5. The number of aliphatic hydroxyl groups is 1. The minimum absolute atomic E-state index is 0.0420. The first-order valence-electron chi connectivity index (χ1n) is 16.0. The smallest absolute Gasteiger partial charge is 0.258 e. The Balaban J connectivity index is 1.10. The molecule has 0 spiro atoms. The lowest BCUT2D eigenvalue weighted by Crippen LogP contribution is -2.26. The van der Waals surface area contributed by atoms with Crippen LogP contribution in [0.5, 0.6) is 0 Å². The summed E-state index contributed by atoms with van der Waals surface area (Å²) in [6.07, 6.45) is 7.06. The Hall–Kier alpha value is -3.87. The Labute approximate surface area is 279 Å². The van der Waals surface area contributed by atoms with Gasteiger partial charge in [0, 0.05) is 34.8 Å². The fourth-order valence-corrected chi connectivity index (χ4v) is 8.42. The number of thiophene rings is 1. The van der Waals surface area contributed by atoms with E-state index in [0.717, 1.165) is 79.4 Å². The van der Waals surface area contributed by atoms with E-state index in [1.54, 1.807) is 12.1 Å². The third-order valence-electron chi connectivity index (χ3n) is 8.56. The fraction of sp³-hybridized carbons (Fsp3) is 0.333. The maximum atomic E-state index is 13.7. The number of nitrogens with one attached hydrogen (secondary N) is 3. The molecule has 1 atom stereocenters. The summed E-state index contributed by atoms with van der Waals surface area (Å²) in [5, 5.41) is 16.2. The number of carbonyl (C=O) groups excluding carboxylic acids is 2. The molecule has 4 aromatic rings. The topological polar surface area (TPSA) is 134 Å². The number of anilines is 2. The molecule has 1 fully saturated rings. The average Bonchev–Trinajstić information content (AvgIpc) is 3.81. The van der Waals surface area contributed by atoms with Crippen molar-refractivity contribution >= 4 is 43.9 Å². The molecular formula is C36H39N3O6S2. The van der Waals surface area contributed by atoms with Crippen LogP contribution in [0, 0.1) is 0 Å². The molecule has 1 saturated carbocycles. The van der Waals surface area contributed by atoms with Crippen LogP contribution >= 0.6 is 11.3 Å². The van der Waals surface area contributed by atoms with Gasteiger partial charge in [0.2, 0.25) is 10.0 Å². The SMILES string of the molecule is COC(O)c1ccc(CCCc2ccc(NC(=O)c3c(NC(=O)c4cccc(S(=O)(=O)NC5CC5)c4)sc4c3CCCC4)cc2)cc1. The molecule has 0 saturated heterocycles. The normalized spacial score (nSPS) is 15.1. The standard InChI is InChI=1S/C36H39N3O6S2/c1-45-36(42)25-16-12-23(13-17-25)6-4-7-24-14-18-27(19-15-24)37-34(41)32-30-10-2-3-11-31(30)46-35(32)38-33(40)26-8-5-9-29(22-26)47(43,44)39-28-20-21-28/h5,8-9,12-19,22,28,36,39,42H,2-4,6-7,10-11,20-21H2,1H3,(H,37,41)(H,38,40). The van der Waals surface area contributed by atoms with Gasteiger partial charge in [0.25, 0.3) is 11.8 Å². The number of methoxy groups -OCH3 is 1. The third-order valence-corrected chi connectivity index (χ3v) is 11.3. The lowest BCUT2D eigenvalue weighted by Gasteiger charge is -2.14. The van der Waals surface area contributed by atoms with Gasteiger partial charge in [-0.3, -0.25) is 9.59 Å². The number of ether oxygens (including phenoxy) is 1. The zero-order valence-electron chi connectivity index (χ0n) is 26.3. The van der Waals surface area contributed by atoms with E-state index < -0.39 is 22.2 Å². The first kappa shape index (κ1) is 33.0. The number of carbonyl (C=O) groups is 2. The molecule has 4 N–H and O–H groups in total. The Morgan fingerprint density at radius 2 is 1.60 bits per heavy atom. The van der Waals surface area contributed by atoms with Gasteiger partial charge in [-0.1, -0.05) is 42.5 Å². The van der Waals surface area contributed by atoms with Crippen molar-refractivity contribution in [2.24, 2.45) is 0 Å². The van der Waals surface area contributed by atoms with Gasteiger partial charge < -0.3 is 20.5 Å². The van der Waals surface area contributed by atoms with Gasteiger partial charge in [-0.05, 0) is 105 Å². The summed E-state index contributed by atoms with van der Waals surface area (Å²) in [6, 6.07) is 21.5. The van der Waals surface area contributed by atoms with Crippen molar-refractivity contribution in [3.8, 4) is 0 Å². The largest absolute Gasteiger partial charge is 0.364 e. The highest BCUT2D eigenvalue weighted by Gasteiger charge is 2.29. The number of sulfonamides is 1.